The molecule has 9 nitrogen and oxygen atoms in total. The third-order valence-corrected chi connectivity index (χ3v) is 2.20. The van der Waals surface area contributed by atoms with Gasteiger partial charge < -0.3 is 30.8 Å². The number of hydrogen-bond acceptors (Lipinski definition) is 6. The molecule has 1 aromatic carbocycles. The first-order valence-electron chi connectivity index (χ1n) is 5.70. The van der Waals surface area contributed by atoms with Crippen molar-refractivity contribution < 1.29 is 24.1 Å². The van der Waals surface area contributed by atoms with Gasteiger partial charge in [0.25, 0.3) is 0 Å². The van der Waals surface area contributed by atoms with Gasteiger partial charge in [0, 0.05) is 5.56 Å². The minimum absolute atomic E-state index is 0.174. The van der Waals surface area contributed by atoms with Crippen LogP contribution in [0.3, 0.4) is 0 Å². The van der Waals surface area contributed by atoms with Gasteiger partial charge in [-0.05, 0) is 12.1 Å². The zero-order valence-corrected chi connectivity index (χ0v) is 11.6. The third-order valence-electron chi connectivity index (χ3n) is 2.20. The minimum atomic E-state index is -1.11. The molecular formula is C12H16N4O5. The predicted octanol–water partition coefficient (Wildman–Crippen LogP) is -0.225. The lowest BCUT2D eigenvalue weighted by Gasteiger charge is -2.14. The van der Waals surface area contributed by atoms with Crippen molar-refractivity contribution in [1.29, 1.82) is 0 Å². The molecule has 1 rings (SSSR count). The number of nitrogens with zero attached hydrogens (tertiary/aromatic N) is 2. The van der Waals surface area contributed by atoms with Crippen LogP contribution in [-0.4, -0.2) is 44.1 Å². The second-order valence-corrected chi connectivity index (χ2v) is 3.71. The lowest BCUT2D eigenvalue weighted by Crippen LogP contribution is -2.21. The Kier molecular flexibility index (Phi) is 5.80. The molecule has 0 spiro atoms. The van der Waals surface area contributed by atoms with Crippen molar-refractivity contribution >= 4 is 18.1 Å². The highest BCUT2D eigenvalue weighted by molar-refractivity contribution is 5.83. The van der Waals surface area contributed by atoms with Crippen LogP contribution in [0.5, 0.6) is 17.2 Å². The number of benzene rings is 1. The molecule has 114 valence electrons. The fraction of sp³-hybridized carbons (Fsp3) is 0.250. The van der Waals surface area contributed by atoms with Gasteiger partial charge >= 0.3 is 5.97 Å². The van der Waals surface area contributed by atoms with Crippen LogP contribution in [0.15, 0.2) is 22.3 Å². The maximum atomic E-state index is 10.6. The fourth-order valence-electron chi connectivity index (χ4n) is 1.41. The summed E-state index contributed by atoms with van der Waals surface area (Å²) in [6, 6.07) is 3.15. The molecule has 0 amide bonds. The van der Waals surface area contributed by atoms with Crippen LogP contribution in [0.4, 0.5) is 0 Å². The van der Waals surface area contributed by atoms with Crippen molar-refractivity contribution in [1.82, 2.24) is 0 Å². The van der Waals surface area contributed by atoms with Gasteiger partial charge in [0.2, 0.25) is 11.7 Å². The Morgan fingerprint density at radius 2 is 1.86 bits per heavy atom. The Hall–Kier alpha value is -2.97. The Balaban J connectivity index is 3.13. The van der Waals surface area contributed by atoms with Crippen LogP contribution < -0.4 is 25.7 Å². The SMILES string of the molecule is COc1cc(C=NN=C(N)N)cc(OC)c1OCC(=O)O. The summed E-state index contributed by atoms with van der Waals surface area (Å²) >= 11 is 0. The molecule has 1 aromatic rings. The van der Waals surface area contributed by atoms with Crippen LogP contribution in [0.25, 0.3) is 0 Å². The number of guanidine groups is 1. The summed E-state index contributed by atoms with van der Waals surface area (Å²) in [4.78, 5) is 10.6. The lowest BCUT2D eigenvalue weighted by atomic mass is 10.2. The number of ether oxygens (including phenoxy) is 3. The molecule has 0 unspecified atom stereocenters. The highest BCUT2D eigenvalue weighted by Crippen LogP contribution is 2.38. The van der Waals surface area contributed by atoms with Crippen molar-refractivity contribution in [3.63, 3.8) is 0 Å². The second kappa shape index (κ2) is 7.58. The summed E-state index contributed by atoms with van der Waals surface area (Å²) in [7, 11) is 2.83. The van der Waals surface area contributed by atoms with E-state index in [9.17, 15) is 4.79 Å². The quantitative estimate of drug-likeness (QED) is 0.358. The molecule has 0 saturated carbocycles. The van der Waals surface area contributed by atoms with Crippen LogP contribution in [0.1, 0.15) is 5.56 Å². The second-order valence-electron chi connectivity index (χ2n) is 3.71. The third kappa shape index (κ3) is 4.90. The molecule has 0 aliphatic heterocycles. The van der Waals surface area contributed by atoms with E-state index in [2.05, 4.69) is 10.2 Å². The van der Waals surface area contributed by atoms with Gasteiger partial charge in [0.05, 0.1) is 20.4 Å². The van der Waals surface area contributed by atoms with E-state index in [0.717, 1.165) is 0 Å². The van der Waals surface area contributed by atoms with E-state index in [1.807, 2.05) is 0 Å². The van der Waals surface area contributed by atoms with E-state index in [4.69, 9.17) is 30.8 Å². The molecule has 21 heavy (non-hydrogen) atoms. The molecule has 0 aliphatic rings. The number of methoxy groups -OCH3 is 2. The van der Waals surface area contributed by atoms with Crippen LogP contribution >= 0.6 is 0 Å². The summed E-state index contributed by atoms with van der Waals surface area (Å²) in [5.74, 6) is -0.519. The van der Waals surface area contributed by atoms with Crippen molar-refractivity contribution in [2.24, 2.45) is 21.7 Å². The zero-order valence-electron chi connectivity index (χ0n) is 11.6. The molecule has 5 N–H and O–H groups in total. The number of carboxylic acids is 1. The molecule has 0 radical (unpaired) electrons. The van der Waals surface area contributed by atoms with Crippen LogP contribution in [0.2, 0.25) is 0 Å². The smallest absolute Gasteiger partial charge is 0.341 e. The normalized spacial score (nSPS) is 10.2. The number of carboxylic acid groups (broad SMARTS) is 1. The molecule has 0 fully saturated rings. The average molecular weight is 296 g/mol. The molecule has 9 heteroatoms. The number of carbonyl (C=O) groups is 1. The first kappa shape index (κ1) is 16.1. The number of nitrogens with two attached hydrogens (primary N) is 2. The minimum Gasteiger partial charge on any atom is -0.493 e. The average Bonchev–Trinajstić information content (AvgIpc) is 2.44. The van der Waals surface area contributed by atoms with Gasteiger partial charge in [0.1, 0.15) is 0 Å². The summed E-state index contributed by atoms with van der Waals surface area (Å²) in [6.07, 6.45) is 1.38. The maximum Gasteiger partial charge on any atom is 0.341 e. The standard InChI is InChI=1S/C12H16N4O5/c1-19-8-3-7(5-15-16-12(13)14)4-9(20-2)11(8)21-6-10(17)18/h3-5H,6H2,1-2H3,(H,17,18)(H4,13,14,16). The van der Waals surface area contributed by atoms with Crippen molar-refractivity contribution in [2.45, 2.75) is 0 Å². The van der Waals surface area contributed by atoms with Gasteiger partial charge in [-0.15, -0.1) is 5.10 Å². The monoisotopic (exact) mass is 296 g/mol. The highest BCUT2D eigenvalue weighted by atomic mass is 16.5. The van der Waals surface area contributed by atoms with Crippen LogP contribution in [0, 0.1) is 0 Å². The van der Waals surface area contributed by atoms with Gasteiger partial charge in [0.15, 0.2) is 18.1 Å². The van der Waals surface area contributed by atoms with Crippen molar-refractivity contribution in [3.05, 3.63) is 17.7 Å². The molecular weight excluding hydrogens is 280 g/mol. The van der Waals surface area contributed by atoms with Gasteiger partial charge in [-0.25, -0.2) is 4.79 Å². The summed E-state index contributed by atoms with van der Waals surface area (Å²) < 4.78 is 15.4. The largest absolute Gasteiger partial charge is 0.493 e. The molecule has 0 aliphatic carbocycles. The molecule has 0 saturated heterocycles. The Labute approximate surface area is 120 Å². The molecule has 0 heterocycles. The number of hydrogen-bond donors (Lipinski definition) is 3. The summed E-state index contributed by atoms with van der Waals surface area (Å²) in [5, 5.41) is 15.8. The topological polar surface area (TPSA) is 142 Å². The van der Waals surface area contributed by atoms with E-state index in [1.165, 1.54) is 20.4 Å². The maximum absolute atomic E-state index is 10.6. The van der Waals surface area contributed by atoms with E-state index >= 15 is 0 Å². The first-order chi connectivity index (χ1) is 9.97. The lowest BCUT2D eigenvalue weighted by molar-refractivity contribution is -0.139. The van der Waals surface area contributed by atoms with Gasteiger partial charge in [-0.2, -0.15) is 5.10 Å². The van der Waals surface area contributed by atoms with E-state index < -0.39 is 12.6 Å². The summed E-state index contributed by atoms with van der Waals surface area (Å²) in [6.45, 7) is -0.520. The first-order valence-corrected chi connectivity index (χ1v) is 5.70. The highest BCUT2D eigenvalue weighted by Gasteiger charge is 2.15. The fourth-order valence-corrected chi connectivity index (χ4v) is 1.41. The molecule has 0 atom stereocenters. The van der Waals surface area contributed by atoms with Gasteiger partial charge in [-0.1, -0.05) is 0 Å². The molecule has 0 bridgehead atoms. The van der Waals surface area contributed by atoms with E-state index in [1.54, 1.807) is 12.1 Å². The summed E-state index contributed by atoms with van der Waals surface area (Å²) in [5.41, 5.74) is 10.9. The van der Waals surface area contributed by atoms with Crippen LogP contribution in [-0.2, 0) is 4.79 Å². The Morgan fingerprint density at radius 1 is 1.29 bits per heavy atom. The van der Waals surface area contributed by atoms with Crippen molar-refractivity contribution in [2.75, 3.05) is 20.8 Å². The molecule has 0 aromatic heterocycles. The van der Waals surface area contributed by atoms with Crippen molar-refractivity contribution in [3.8, 4) is 17.2 Å². The van der Waals surface area contributed by atoms with E-state index in [0.29, 0.717) is 17.1 Å². The van der Waals surface area contributed by atoms with E-state index in [-0.39, 0.29) is 11.7 Å². The number of rotatable bonds is 7. The predicted molar refractivity (Wildman–Crippen MR) is 76.1 cm³/mol. The van der Waals surface area contributed by atoms with Gasteiger partial charge in [-0.3, -0.25) is 0 Å². The Morgan fingerprint density at radius 3 is 2.29 bits per heavy atom. The zero-order chi connectivity index (χ0) is 15.8. The Bertz CT molecular complexity index is 542. The number of aliphatic carboxylic acids is 1.